The van der Waals surface area contributed by atoms with Gasteiger partial charge in [0.2, 0.25) is 5.91 Å². The Labute approximate surface area is 210 Å². The number of carboxylic acids is 1. The number of halogens is 1. The Morgan fingerprint density at radius 1 is 1.35 bits per heavy atom. The van der Waals surface area contributed by atoms with Crippen molar-refractivity contribution in [1.82, 2.24) is 10.2 Å². The van der Waals surface area contributed by atoms with Crippen LogP contribution in [0.15, 0.2) is 10.6 Å². The van der Waals surface area contributed by atoms with Gasteiger partial charge in [-0.1, -0.05) is 6.92 Å². The average Bonchev–Trinajstić information content (AvgIpc) is 3.30. The molecule has 0 saturated carbocycles. The summed E-state index contributed by atoms with van der Waals surface area (Å²) in [7, 11) is 4.60. The van der Waals surface area contributed by atoms with E-state index in [2.05, 4.69) is 31.2 Å². The monoisotopic (exact) mass is 583 g/mol. The summed E-state index contributed by atoms with van der Waals surface area (Å²) >= 11 is 3.71. The van der Waals surface area contributed by atoms with E-state index in [-0.39, 0.29) is 47.5 Å². The van der Waals surface area contributed by atoms with Crippen molar-refractivity contribution < 1.29 is 48.3 Å². The first-order valence-corrected chi connectivity index (χ1v) is 12.8. The van der Waals surface area contributed by atoms with Gasteiger partial charge in [-0.2, -0.15) is 11.8 Å². The van der Waals surface area contributed by atoms with Gasteiger partial charge in [0.05, 0.1) is 50.5 Å². The lowest BCUT2D eigenvalue weighted by Gasteiger charge is -2.46. The minimum Gasteiger partial charge on any atom is -1.00 e. The van der Waals surface area contributed by atoms with Gasteiger partial charge >= 0.3 is 5.97 Å². The smallest absolute Gasteiger partial charge is 0.353 e. The summed E-state index contributed by atoms with van der Waals surface area (Å²) < 4.78 is 1.11. The Morgan fingerprint density at radius 2 is 2.06 bits per heavy atom. The number of aliphatic carboxylic acids is 1. The van der Waals surface area contributed by atoms with Crippen LogP contribution in [0, 0.1) is 11.8 Å². The van der Waals surface area contributed by atoms with Gasteiger partial charge in [0.15, 0.2) is 0 Å². The average molecular weight is 584 g/mol. The fourth-order valence-corrected chi connectivity index (χ4v) is 8.53. The Hall–Kier alpha value is -0.01000. The van der Waals surface area contributed by atoms with Crippen LogP contribution in [0.1, 0.15) is 26.7 Å². The fourth-order valence-electron chi connectivity index (χ4n) is 5.47. The number of amides is 1. The number of thioether (sulfide) groups is 2. The maximum atomic E-state index is 12.5. The molecule has 4 aliphatic heterocycles. The maximum Gasteiger partial charge on any atom is 0.353 e. The second-order valence-electron chi connectivity index (χ2n) is 9.94. The SMILES string of the molecule is C[C@@H](O)[C@H]1C(=O)N2C(C(=O)O)=C(S[C@@H]3CN[C@H](CS[C@H]4CC[N+](C)(C)C4)C3)[C@H](C)[C@H]12.[I-]. The predicted octanol–water partition coefficient (Wildman–Crippen LogP) is -1.81. The summed E-state index contributed by atoms with van der Waals surface area (Å²) in [6, 6.07) is 0.230. The zero-order chi connectivity index (χ0) is 21.8. The molecule has 0 unspecified atom stereocenters. The van der Waals surface area contributed by atoms with E-state index >= 15 is 0 Å². The molecule has 4 heterocycles. The van der Waals surface area contributed by atoms with Crippen molar-refractivity contribution >= 4 is 35.4 Å². The van der Waals surface area contributed by atoms with Crippen LogP contribution in [0.3, 0.4) is 0 Å². The third-order valence-electron chi connectivity index (χ3n) is 7.07. The molecule has 3 saturated heterocycles. The topological polar surface area (TPSA) is 89.9 Å². The van der Waals surface area contributed by atoms with Crippen molar-refractivity contribution in [2.75, 3.05) is 39.5 Å². The van der Waals surface area contributed by atoms with E-state index in [0.29, 0.717) is 11.3 Å². The standard InChI is InChI=1S/C21H33N3O4S2.HI/c1-11-17-16(12(2)25)20(26)23(17)18(21(27)28)19(11)30-15-7-13(22-8-15)10-29-14-5-6-24(3,4)9-14;/h11-17,22,25H,5-10H2,1-4H3;1H/t11-,12-,13+,14+,15+,16-,17-;/m1./s1. The molecule has 0 radical (unpaired) electrons. The number of quaternary nitrogens is 1. The van der Waals surface area contributed by atoms with Crippen molar-refractivity contribution in [3.8, 4) is 0 Å². The second kappa shape index (κ2) is 9.69. The van der Waals surface area contributed by atoms with Gasteiger partial charge in [-0.3, -0.25) is 4.79 Å². The van der Waals surface area contributed by atoms with Crippen LogP contribution in [0.2, 0.25) is 0 Å². The number of hydrogen-bond acceptors (Lipinski definition) is 6. The predicted molar refractivity (Wildman–Crippen MR) is 120 cm³/mol. The van der Waals surface area contributed by atoms with Crippen molar-refractivity contribution in [2.24, 2.45) is 11.8 Å². The minimum atomic E-state index is -1.04. The molecule has 0 aromatic heterocycles. The van der Waals surface area contributed by atoms with Gasteiger partial charge in [0.25, 0.3) is 0 Å². The van der Waals surface area contributed by atoms with Crippen molar-refractivity contribution in [2.45, 2.75) is 55.4 Å². The molecule has 0 spiro atoms. The molecule has 3 N–H and O–H groups in total. The highest BCUT2D eigenvalue weighted by Crippen LogP contribution is 2.51. The molecule has 3 fully saturated rings. The third-order valence-corrected chi connectivity index (χ3v) is 10.0. The summed E-state index contributed by atoms with van der Waals surface area (Å²) in [6.07, 6.45) is 1.55. The van der Waals surface area contributed by atoms with Crippen LogP contribution in [-0.2, 0) is 9.59 Å². The highest BCUT2D eigenvalue weighted by atomic mass is 127. The van der Waals surface area contributed by atoms with Crippen LogP contribution in [-0.4, -0.2) is 99.6 Å². The lowest BCUT2D eigenvalue weighted by molar-refractivity contribution is -0.877. The van der Waals surface area contributed by atoms with Crippen LogP contribution in [0.5, 0.6) is 0 Å². The first-order valence-electron chi connectivity index (χ1n) is 10.9. The maximum absolute atomic E-state index is 12.5. The molecular formula is C21H34IN3O4S2. The summed E-state index contributed by atoms with van der Waals surface area (Å²) in [5, 5.41) is 24.4. The number of aliphatic hydroxyl groups is 1. The van der Waals surface area contributed by atoms with E-state index in [0.717, 1.165) is 33.4 Å². The molecule has 10 heteroatoms. The minimum absolute atomic E-state index is 0. The number of nitrogens with zero attached hydrogens (tertiary/aromatic N) is 2. The van der Waals surface area contributed by atoms with Gasteiger partial charge in [-0.25, -0.2) is 4.79 Å². The molecule has 1 amide bonds. The second-order valence-corrected chi connectivity index (χ2v) is 12.6. The normalized spacial score (nSPS) is 37.5. The molecule has 0 bridgehead atoms. The van der Waals surface area contributed by atoms with Gasteiger partial charge in [0, 0.05) is 40.8 Å². The summed E-state index contributed by atoms with van der Waals surface area (Å²) in [6.45, 7) is 6.96. The number of likely N-dealkylation sites (tertiary alicyclic amines) is 1. The number of carboxylic acid groups (broad SMARTS) is 1. The van der Waals surface area contributed by atoms with E-state index in [4.69, 9.17) is 0 Å². The van der Waals surface area contributed by atoms with Gasteiger partial charge in [-0.05, 0) is 13.3 Å². The van der Waals surface area contributed by atoms with Crippen LogP contribution < -0.4 is 29.3 Å². The first kappa shape index (κ1) is 25.6. The van der Waals surface area contributed by atoms with Gasteiger partial charge in [0.1, 0.15) is 5.70 Å². The van der Waals surface area contributed by atoms with Crippen molar-refractivity contribution in [3.63, 3.8) is 0 Å². The molecule has 176 valence electrons. The lowest BCUT2D eigenvalue weighted by Crippen LogP contribution is -3.00. The van der Waals surface area contributed by atoms with Crippen LogP contribution >= 0.6 is 23.5 Å². The fraction of sp³-hybridized carbons (Fsp3) is 0.810. The zero-order valence-electron chi connectivity index (χ0n) is 18.6. The third kappa shape index (κ3) is 4.94. The highest BCUT2D eigenvalue weighted by Gasteiger charge is 2.60. The number of hydrogen-bond donors (Lipinski definition) is 3. The first-order chi connectivity index (χ1) is 14.1. The summed E-state index contributed by atoms with van der Waals surface area (Å²) in [4.78, 5) is 26.7. The molecule has 0 aromatic carbocycles. The quantitative estimate of drug-likeness (QED) is 0.185. The molecule has 4 aliphatic rings. The highest BCUT2D eigenvalue weighted by molar-refractivity contribution is 8.03. The molecule has 0 aliphatic carbocycles. The molecule has 7 atom stereocenters. The van der Waals surface area contributed by atoms with Crippen molar-refractivity contribution in [3.05, 3.63) is 10.6 Å². The van der Waals surface area contributed by atoms with E-state index in [1.807, 2.05) is 6.92 Å². The van der Waals surface area contributed by atoms with Gasteiger partial charge in [-0.15, -0.1) is 11.8 Å². The molecular weight excluding hydrogens is 549 g/mol. The largest absolute Gasteiger partial charge is 1.00 e. The molecule has 0 aromatic rings. The lowest BCUT2D eigenvalue weighted by atomic mass is 9.79. The zero-order valence-corrected chi connectivity index (χ0v) is 22.4. The number of nitrogens with one attached hydrogen (secondary N) is 1. The molecule has 31 heavy (non-hydrogen) atoms. The van der Waals surface area contributed by atoms with Crippen LogP contribution in [0.25, 0.3) is 0 Å². The number of carbonyl (C=O) groups excluding carboxylic acids is 1. The van der Waals surface area contributed by atoms with E-state index in [1.54, 1.807) is 18.7 Å². The number of fused-ring (bicyclic) bond motifs is 1. The summed E-state index contributed by atoms with van der Waals surface area (Å²) in [5.41, 5.74) is 0.142. The Balaban J connectivity index is 0.00000272. The number of carbonyl (C=O) groups is 2. The van der Waals surface area contributed by atoms with E-state index in [1.165, 1.54) is 24.4 Å². The van der Waals surface area contributed by atoms with Gasteiger partial charge < -0.3 is 48.9 Å². The van der Waals surface area contributed by atoms with Crippen molar-refractivity contribution in [1.29, 1.82) is 0 Å². The molecule has 7 nitrogen and oxygen atoms in total. The summed E-state index contributed by atoms with van der Waals surface area (Å²) in [5.74, 6) is -0.743. The van der Waals surface area contributed by atoms with E-state index < -0.39 is 18.0 Å². The Bertz CT molecular complexity index is 763. The van der Waals surface area contributed by atoms with Crippen LogP contribution in [0.4, 0.5) is 0 Å². The Kier molecular flexibility index (Phi) is 8.01. The van der Waals surface area contributed by atoms with E-state index in [9.17, 15) is 19.8 Å². The number of rotatable bonds is 7. The molecule has 4 rings (SSSR count). The number of β-lactam (4-membered cyclic amide) rings is 1. The Morgan fingerprint density at radius 3 is 2.65 bits per heavy atom. The number of aliphatic hydroxyl groups excluding tert-OH is 1.